The van der Waals surface area contributed by atoms with Crippen LogP contribution in [0.5, 0.6) is 0 Å². The largest absolute Gasteiger partial charge is 0.357 e. The van der Waals surface area contributed by atoms with Crippen molar-refractivity contribution >= 4 is 47.4 Å². The van der Waals surface area contributed by atoms with E-state index in [0.717, 1.165) is 37.5 Å². The third-order valence-electron chi connectivity index (χ3n) is 4.80. The van der Waals surface area contributed by atoms with Gasteiger partial charge in [-0.15, -0.1) is 24.0 Å². The van der Waals surface area contributed by atoms with Crippen molar-refractivity contribution in [2.75, 3.05) is 26.2 Å². The summed E-state index contributed by atoms with van der Waals surface area (Å²) in [6.07, 6.45) is 1.74. The zero-order chi connectivity index (χ0) is 19.8. The van der Waals surface area contributed by atoms with Gasteiger partial charge in [0.1, 0.15) is 6.54 Å². The molecule has 3 rings (SSSR count). The number of aliphatic imine (C=N–C) groups is 1. The van der Waals surface area contributed by atoms with Gasteiger partial charge in [-0.25, -0.2) is 4.99 Å². The number of fused-ring (bicyclic) bond motifs is 1. The molecule has 0 saturated carbocycles. The van der Waals surface area contributed by atoms with E-state index in [0.29, 0.717) is 12.5 Å². The monoisotopic (exact) mass is 526 g/mol. The average Bonchev–Trinajstić information content (AvgIpc) is 2.71. The van der Waals surface area contributed by atoms with Gasteiger partial charge in [-0.3, -0.25) is 4.79 Å². The summed E-state index contributed by atoms with van der Waals surface area (Å²) in [6, 6.07) is 16.2. The second kappa shape index (κ2) is 12.0. The van der Waals surface area contributed by atoms with Crippen LogP contribution >= 0.6 is 35.6 Å². The molecule has 0 atom stereocenters. The lowest BCUT2D eigenvalue weighted by Crippen LogP contribution is -2.41. The smallest absolute Gasteiger partial charge is 0.244 e. The minimum absolute atomic E-state index is 0. The van der Waals surface area contributed by atoms with Gasteiger partial charge in [0.2, 0.25) is 5.91 Å². The number of nitrogens with one attached hydrogen (secondary N) is 2. The molecule has 1 aliphatic heterocycles. The summed E-state index contributed by atoms with van der Waals surface area (Å²) in [4.78, 5) is 19.0. The van der Waals surface area contributed by atoms with Gasteiger partial charge in [0.05, 0.1) is 0 Å². The molecule has 0 unspecified atom stereocenters. The Morgan fingerprint density at radius 2 is 1.93 bits per heavy atom. The van der Waals surface area contributed by atoms with E-state index in [1.165, 1.54) is 16.7 Å². The Bertz CT molecular complexity index is 843. The molecule has 29 heavy (non-hydrogen) atoms. The van der Waals surface area contributed by atoms with E-state index in [-0.39, 0.29) is 36.4 Å². The van der Waals surface area contributed by atoms with Crippen LogP contribution in [0, 0.1) is 0 Å². The molecule has 1 aliphatic rings. The van der Waals surface area contributed by atoms with Gasteiger partial charge in [0, 0.05) is 31.2 Å². The zero-order valence-electron chi connectivity index (χ0n) is 16.7. The summed E-state index contributed by atoms with van der Waals surface area (Å²) in [5.41, 5.74) is 3.74. The molecule has 156 valence electrons. The van der Waals surface area contributed by atoms with Gasteiger partial charge < -0.3 is 15.5 Å². The summed E-state index contributed by atoms with van der Waals surface area (Å²) in [5, 5.41) is 7.23. The summed E-state index contributed by atoms with van der Waals surface area (Å²) in [5.74, 6) is 0.719. The third-order valence-corrected chi connectivity index (χ3v) is 5.03. The van der Waals surface area contributed by atoms with Crippen LogP contribution < -0.4 is 10.6 Å². The van der Waals surface area contributed by atoms with Crippen molar-refractivity contribution in [3.05, 3.63) is 70.2 Å². The van der Waals surface area contributed by atoms with E-state index in [1.54, 1.807) is 0 Å². The van der Waals surface area contributed by atoms with Gasteiger partial charge in [0.25, 0.3) is 0 Å². The maximum atomic E-state index is 12.6. The van der Waals surface area contributed by atoms with E-state index < -0.39 is 0 Å². The molecule has 0 fully saturated rings. The number of amides is 1. The fourth-order valence-electron chi connectivity index (χ4n) is 3.31. The molecular weight excluding hydrogens is 499 g/mol. The van der Waals surface area contributed by atoms with Crippen molar-refractivity contribution < 1.29 is 4.79 Å². The van der Waals surface area contributed by atoms with E-state index in [1.807, 2.05) is 36.1 Å². The Hall–Kier alpha value is -1.80. The first kappa shape index (κ1) is 23.5. The second-order valence-electron chi connectivity index (χ2n) is 6.84. The van der Waals surface area contributed by atoms with E-state index in [9.17, 15) is 4.79 Å². The number of rotatable bonds is 6. The topological polar surface area (TPSA) is 56.7 Å². The van der Waals surface area contributed by atoms with E-state index in [2.05, 4.69) is 39.9 Å². The Morgan fingerprint density at radius 3 is 2.69 bits per heavy atom. The number of nitrogens with zero attached hydrogens (tertiary/aromatic N) is 2. The first-order chi connectivity index (χ1) is 13.7. The van der Waals surface area contributed by atoms with E-state index in [4.69, 9.17) is 11.6 Å². The predicted octanol–water partition coefficient (Wildman–Crippen LogP) is 3.64. The van der Waals surface area contributed by atoms with Crippen LogP contribution in [0.1, 0.15) is 23.6 Å². The standard InChI is InChI=1S/C22H27ClN4O.HI/c1-2-24-22(25-12-10-17-6-5-9-20(23)14-17)26-15-21(28)27-13-11-18-7-3-4-8-19(18)16-27;/h3-9,14H,2,10-13,15-16H2,1H3,(H2,24,25,26);1H. The highest BCUT2D eigenvalue weighted by molar-refractivity contribution is 14.0. The number of hydrogen-bond acceptors (Lipinski definition) is 2. The van der Waals surface area contributed by atoms with Crippen LogP contribution in [0.4, 0.5) is 0 Å². The minimum Gasteiger partial charge on any atom is -0.357 e. The Morgan fingerprint density at radius 1 is 1.14 bits per heavy atom. The second-order valence-corrected chi connectivity index (χ2v) is 7.27. The van der Waals surface area contributed by atoms with Crippen molar-refractivity contribution in [2.45, 2.75) is 26.3 Å². The highest BCUT2D eigenvalue weighted by Gasteiger charge is 2.19. The number of carbonyl (C=O) groups excluding carboxylic acids is 1. The first-order valence-electron chi connectivity index (χ1n) is 9.77. The van der Waals surface area contributed by atoms with E-state index >= 15 is 0 Å². The molecule has 2 aromatic rings. The van der Waals surface area contributed by atoms with Crippen molar-refractivity contribution in [2.24, 2.45) is 4.99 Å². The lowest BCUT2D eigenvalue weighted by Gasteiger charge is -2.28. The molecule has 0 radical (unpaired) electrons. The maximum Gasteiger partial charge on any atom is 0.244 e. The predicted molar refractivity (Wildman–Crippen MR) is 130 cm³/mol. The first-order valence-corrected chi connectivity index (χ1v) is 10.1. The molecular formula is C22H28ClIN4O. The molecule has 0 spiro atoms. The Balaban J connectivity index is 0.00000300. The summed E-state index contributed by atoms with van der Waals surface area (Å²) < 4.78 is 0. The quantitative estimate of drug-likeness (QED) is 0.343. The molecule has 1 amide bonds. The van der Waals surface area contributed by atoms with Crippen molar-refractivity contribution in [1.82, 2.24) is 15.5 Å². The van der Waals surface area contributed by atoms with Crippen molar-refractivity contribution in [1.29, 1.82) is 0 Å². The van der Waals surface area contributed by atoms with Gasteiger partial charge >= 0.3 is 0 Å². The number of hydrogen-bond donors (Lipinski definition) is 2. The van der Waals surface area contributed by atoms with Gasteiger partial charge in [0.15, 0.2) is 5.96 Å². The van der Waals surface area contributed by atoms with Crippen LogP contribution in [-0.2, 0) is 24.2 Å². The lowest BCUT2D eigenvalue weighted by atomic mass is 10.00. The van der Waals surface area contributed by atoms with Gasteiger partial charge in [-0.05, 0) is 48.6 Å². The van der Waals surface area contributed by atoms with Crippen LogP contribution in [0.2, 0.25) is 5.02 Å². The fourth-order valence-corrected chi connectivity index (χ4v) is 3.53. The zero-order valence-corrected chi connectivity index (χ0v) is 19.7. The molecule has 0 bridgehead atoms. The summed E-state index contributed by atoms with van der Waals surface area (Å²) in [6.45, 7) is 5.05. The van der Waals surface area contributed by atoms with Crippen LogP contribution in [0.3, 0.4) is 0 Å². The molecule has 1 heterocycles. The molecule has 2 aromatic carbocycles. The Labute approximate surface area is 194 Å². The summed E-state index contributed by atoms with van der Waals surface area (Å²) >= 11 is 6.03. The number of benzene rings is 2. The highest BCUT2D eigenvalue weighted by Crippen LogP contribution is 2.18. The number of guanidine groups is 1. The molecule has 0 aromatic heterocycles. The summed E-state index contributed by atoms with van der Waals surface area (Å²) in [7, 11) is 0. The van der Waals surface area contributed by atoms with Crippen LogP contribution in [0.25, 0.3) is 0 Å². The molecule has 7 heteroatoms. The third kappa shape index (κ3) is 7.19. The molecule has 0 aliphatic carbocycles. The lowest BCUT2D eigenvalue weighted by molar-refractivity contribution is -0.130. The number of halogens is 2. The molecule has 2 N–H and O–H groups in total. The molecule has 5 nitrogen and oxygen atoms in total. The Kier molecular flexibility index (Phi) is 9.73. The van der Waals surface area contributed by atoms with Gasteiger partial charge in [-0.2, -0.15) is 0 Å². The van der Waals surface area contributed by atoms with Crippen molar-refractivity contribution in [3.63, 3.8) is 0 Å². The number of carbonyl (C=O) groups is 1. The van der Waals surface area contributed by atoms with Gasteiger partial charge in [-0.1, -0.05) is 48.0 Å². The average molecular weight is 527 g/mol. The van der Waals surface area contributed by atoms with Crippen LogP contribution in [0.15, 0.2) is 53.5 Å². The van der Waals surface area contributed by atoms with Crippen LogP contribution in [-0.4, -0.2) is 42.9 Å². The van der Waals surface area contributed by atoms with Crippen molar-refractivity contribution in [3.8, 4) is 0 Å². The fraction of sp³-hybridized carbons (Fsp3) is 0.364. The SMILES string of the molecule is CCNC(=NCC(=O)N1CCc2ccccc2C1)NCCc1cccc(Cl)c1.I. The minimum atomic E-state index is 0. The molecule has 0 saturated heterocycles. The maximum absolute atomic E-state index is 12.6. The normalized spacial score (nSPS) is 13.3. The highest BCUT2D eigenvalue weighted by atomic mass is 127.